The molecule has 5 rings (SSSR count). The molecule has 0 bridgehead atoms. The maximum Gasteiger partial charge on any atom is 0.224 e. The highest BCUT2D eigenvalue weighted by atomic mass is 16.3. The molecule has 210 valence electrons. The zero-order chi connectivity index (χ0) is 27.2. The number of rotatable bonds is 6. The molecule has 0 aliphatic heterocycles. The van der Waals surface area contributed by atoms with Gasteiger partial charge in [-0.15, -0.1) is 0 Å². The van der Waals surface area contributed by atoms with Gasteiger partial charge in [0.25, 0.3) is 0 Å². The number of fused-ring (bicyclic) bond motifs is 5. The van der Waals surface area contributed by atoms with E-state index in [0.717, 1.165) is 32.1 Å². The predicted octanol–water partition coefficient (Wildman–Crippen LogP) is 5.99. The molecular weight excluding hydrogens is 476 g/mol. The van der Waals surface area contributed by atoms with Crippen LogP contribution in [0.15, 0.2) is 24.3 Å². The Bertz CT molecular complexity index is 1040. The molecule has 0 heterocycles. The Balaban J connectivity index is 1.21. The summed E-state index contributed by atoms with van der Waals surface area (Å²) >= 11 is 0. The number of hydrogen-bond acceptors (Lipinski definition) is 4. The van der Waals surface area contributed by atoms with Crippen molar-refractivity contribution in [3.05, 3.63) is 24.3 Å². The third kappa shape index (κ3) is 5.03. The molecule has 10 unspecified atom stereocenters. The SMILES string of the molecule is CC(=O)Nc1cccc(NC(=O)CCC(C)C2CCC3C4C(O)CC5CC(O)CCC5(C)C4CCC23C)c1. The molecular formula is C32H48N2O4. The van der Waals surface area contributed by atoms with Crippen molar-refractivity contribution in [2.75, 3.05) is 10.6 Å². The zero-order valence-corrected chi connectivity index (χ0v) is 23.7. The fraction of sp³-hybridized carbons (Fsp3) is 0.750. The van der Waals surface area contributed by atoms with Crippen molar-refractivity contribution in [2.45, 2.75) is 104 Å². The summed E-state index contributed by atoms with van der Waals surface area (Å²) in [5.41, 5.74) is 1.86. The molecule has 0 saturated heterocycles. The lowest BCUT2D eigenvalue weighted by atomic mass is 9.43. The topological polar surface area (TPSA) is 98.7 Å². The molecule has 1 aromatic carbocycles. The van der Waals surface area contributed by atoms with E-state index in [1.165, 1.54) is 32.6 Å². The fourth-order valence-corrected chi connectivity index (χ4v) is 9.84. The van der Waals surface area contributed by atoms with Crippen molar-refractivity contribution >= 4 is 23.2 Å². The van der Waals surface area contributed by atoms with Crippen molar-refractivity contribution in [3.8, 4) is 0 Å². The van der Waals surface area contributed by atoms with Gasteiger partial charge in [-0.1, -0.05) is 26.8 Å². The summed E-state index contributed by atoms with van der Waals surface area (Å²) in [6.45, 7) is 8.75. The van der Waals surface area contributed by atoms with Crippen LogP contribution in [0, 0.1) is 46.3 Å². The Morgan fingerprint density at radius 3 is 2.39 bits per heavy atom. The molecule has 4 aliphatic rings. The lowest BCUT2D eigenvalue weighted by Crippen LogP contribution is -2.58. The van der Waals surface area contributed by atoms with Crippen molar-refractivity contribution in [3.63, 3.8) is 0 Å². The van der Waals surface area contributed by atoms with E-state index in [4.69, 9.17) is 0 Å². The van der Waals surface area contributed by atoms with Crippen molar-refractivity contribution in [1.29, 1.82) is 0 Å². The summed E-state index contributed by atoms with van der Waals surface area (Å²) in [6, 6.07) is 7.28. The summed E-state index contributed by atoms with van der Waals surface area (Å²) in [7, 11) is 0. The monoisotopic (exact) mass is 524 g/mol. The molecule has 0 spiro atoms. The van der Waals surface area contributed by atoms with Crippen LogP contribution in [0.3, 0.4) is 0 Å². The van der Waals surface area contributed by atoms with E-state index in [-0.39, 0.29) is 34.9 Å². The summed E-state index contributed by atoms with van der Waals surface area (Å²) in [6.07, 6.45) is 9.40. The minimum Gasteiger partial charge on any atom is -0.393 e. The van der Waals surface area contributed by atoms with E-state index in [1.54, 1.807) is 6.07 Å². The van der Waals surface area contributed by atoms with Gasteiger partial charge in [0.05, 0.1) is 12.2 Å². The molecule has 1 aromatic rings. The van der Waals surface area contributed by atoms with Gasteiger partial charge >= 0.3 is 0 Å². The minimum absolute atomic E-state index is 0.0152. The first kappa shape index (κ1) is 27.6. The van der Waals surface area contributed by atoms with Gasteiger partial charge in [0.15, 0.2) is 0 Å². The normalized spacial score (nSPS) is 40.8. The molecule has 4 N–H and O–H groups in total. The molecule has 0 radical (unpaired) electrons. The maximum absolute atomic E-state index is 12.8. The third-order valence-corrected chi connectivity index (χ3v) is 11.7. The molecule has 2 amide bonds. The Kier molecular flexibility index (Phi) is 7.69. The molecule has 10 atom stereocenters. The predicted molar refractivity (Wildman–Crippen MR) is 150 cm³/mol. The Morgan fingerprint density at radius 1 is 0.974 bits per heavy atom. The molecule has 4 aliphatic carbocycles. The second-order valence-electron chi connectivity index (χ2n) is 13.8. The summed E-state index contributed by atoms with van der Waals surface area (Å²) in [5.74, 6) is 2.85. The second kappa shape index (κ2) is 10.6. The zero-order valence-electron chi connectivity index (χ0n) is 23.7. The number of hydrogen-bond donors (Lipinski definition) is 4. The number of aliphatic hydroxyl groups excluding tert-OH is 2. The summed E-state index contributed by atoms with van der Waals surface area (Å²) in [4.78, 5) is 24.1. The number of aliphatic hydroxyl groups is 2. The van der Waals surface area contributed by atoms with Crippen molar-refractivity contribution in [2.24, 2.45) is 46.3 Å². The quantitative estimate of drug-likeness (QED) is 0.367. The van der Waals surface area contributed by atoms with Crippen molar-refractivity contribution in [1.82, 2.24) is 0 Å². The van der Waals surface area contributed by atoms with Crippen LogP contribution in [-0.4, -0.2) is 34.2 Å². The Morgan fingerprint density at radius 2 is 1.66 bits per heavy atom. The fourth-order valence-electron chi connectivity index (χ4n) is 9.84. The molecule has 0 aromatic heterocycles. The van der Waals surface area contributed by atoms with Crippen LogP contribution in [0.25, 0.3) is 0 Å². The van der Waals surface area contributed by atoms with E-state index in [2.05, 4.69) is 31.4 Å². The third-order valence-electron chi connectivity index (χ3n) is 11.7. The number of benzene rings is 1. The first-order chi connectivity index (χ1) is 18.0. The van der Waals surface area contributed by atoms with Crippen LogP contribution >= 0.6 is 0 Å². The van der Waals surface area contributed by atoms with E-state index >= 15 is 0 Å². The van der Waals surface area contributed by atoms with E-state index < -0.39 is 0 Å². The van der Waals surface area contributed by atoms with Crippen molar-refractivity contribution < 1.29 is 19.8 Å². The lowest BCUT2D eigenvalue weighted by Gasteiger charge is -2.62. The van der Waals surface area contributed by atoms with Crippen LogP contribution in [0.5, 0.6) is 0 Å². The average Bonchev–Trinajstić information content (AvgIpc) is 3.21. The second-order valence-corrected chi connectivity index (χ2v) is 13.8. The van der Waals surface area contributed by atoms with E-state index in [0.29, 0.717) is 53.3 Å². The van der Waals surface area contributed by atoms with Crippen LogP contribution in [-0.2, 0) is 9.59 Å². The highest BCUT2D eigenvalue weighted by Gasteiger charge is 2.62. The molecule has 38 heavy (non-hydrogen) atoms. The maximum atomic E-state index is 12.8. The molecule has 4 fully saturated rings. The van der Waals surface area contributed by atoms with Gasteiger partial charge in [0.1, 0.15) is 0 Å². The van der Waals surface area contributed by atoms with Crippen LogP contribution in [0.1, 0.15) is 91.9 Å². The van der Waals surface area contributed by atoms with Gasteiger partial charge in [-0.3, -0.25) is 9.59 Å². The summed E-state index contributed by atoms with van der Waals surface area (Å²) in [5, 5.41) is 27.5. The number of anilines is 2. The molecule has 6 nitrogen and oxygen atoms in total. The largest absolute Gasteiger partial charge is 0.393 e. The van der Waals surface area contributed by atoms with Gasteiger partial charge in [-0.05, 0) is 122 Å². The Labute approximate surface area is 228 Å². The van der Waals surface area contributed by atoms with Crippen LogP contribution in [0.4, 0.5) is 11.4 Å². The number of amides is 2. The van der Waals surface area contributed by atoms with E-state index in [1.807, 2.05) is 18.2 Å². The van der Waals surface area contributed by atoms with Crippen LogP contribution < -0.4 is 10.6 Å². The average molecular weight is 525 g/mol. The minimum atomic E-state index is -0.249. The number of nitrogens with one attached hydrogen (secondary N) is 2. The summed E-state index contributed by atoms with van der Waals surface area (Å²) < 4.78 is 0. The highest BCUT2D eigenvalue weighted by molar-refractivity contribution is 5.93. The number of carbonyl (C=O) groups excluding carboxylic acids is 2. The van der Waals surface area contributed by atoms with Gasteiger partial charge < -0.3 is 20.8 Å². The smallest absolute Gasteiger partial charge is 0.224 e. The molecule has 4 saturated carbocycles. The lowest BCUT2D eigenvalue weighted by molar-refractivity contribution is -0.174. The highest BCUT2D eigenvalue weighted by Crippen LogP contribution is 2.68. The standard InChI is InChI=1S/C32H48N2O4/c1-19(8-11-29(38)34-23-7-5-6-22(18-23)33-20(2)35)25-9-10-26-30-27(13-15-32(25,26)4)31(3)14-12-24(36)16-21(31)17-28(30)37/h5-7,18-19,21,24-28,30,36-37H,8-17H2,1-4H3,(H,33,35)(H,34,38). The first-order valence-corrected chi connectivity index (χ1v) is 15.0. The van der Waals surface area contributed by atoms with Crippen LogP contribution in [0.2, 0.25) is 0 Å². The molecule has 6 heteroatoms. The first-order valence-electron chi connectivity index (χ1n) is 15.0. The van der Waals surface area contributed by atoms with Gasteiger partial charge in [-0.25, -0.2) is 0 Å². The van der Waals surface area contributed by atoms with Gasteiger partial charge in [-0.2, -0.15) is 0 Å². The number of carbonyl (C=O) groups is 2. The van der Waals surface area contributed by atoms with Gasteiger partial charge in [0.2, 0.25) is 11.8 Å². The Hall–Kier alpha value is -1.92. The van der Waals surface area contributed by atoms with Gasteiger partial charge in [0, 0.05) is 24.7 Å². The van der Waals surface area contributed by atoms with E-state index in [9.17, 15) is 19.8 Å².